The highest BCUT2D eigenvalue weighted by molar-refractivity contribution is 7.99. The Hall–Kier alpha value is 0.230. The molecular formula is C22H44O3S. The van der Waals surface area contributed by atoms with Crippen molar-refractivity contribution in [2.75, 3.05) is 5.75 Å². The van der Waals surface area contributed by atoms with E-state index >= 15 is 0 Å². The maximum Gasteiger partial charge on any atom is 0.161 e. The number of rotatable bonds is 12. The highest BCUT2D eigenvalue weighted by Crippen LogP contribution is 2.36. The van der Waals surface area contributed by atoms with Gasteiger partial charge in [-0.1, -0.05) is 47.0 Å². The molecule has 1 aliphatic heterocycles. The summed E-state index contributed by atoms with van der Waals surface area (Å²) in [6.45, 7) is 17.5. The van der Waals surface area contributed by atoms with Crippen LogP contribution in [0.2, 0.25) is 0 Å². The number of unbranched alkanes of at least 4 members (excludes halogenated alkanes) is 3. The first kappa shape index (κ1) is 24.3. The van der Waals surface area contributed by atoms with Gasteiger partial charge < -0.3 is 14.2 Å². The normalized spacial score (nSPS) is 29.9. The highest BCUT2D eigenvalue weighted by atomic mass is 32.2. The number of ether oxygens (including phenoxy) is 3. The fourth-order valence-electron chi connectivity index (χ4n) is 3.56. The first-order chi connectivity index (χ1) is 12.2. The summed E-state index contributed by atoms with van der Waals surface area (Å²) in [5.41, 5.74) is 0. The van der Waals surface area contributed by atoms with Gasteiger partial charge in [0.25, 0.3) is 0 Å². The predicted octanol–water partition coefficient (Wildman–Crippen LogP) is 6.29. The fraction of sp³-hybridized carbons (Fsp3) is 1.00. The van der Waals surface area contributed by atoms with Gasteiger partial charge in [-0.2, -0.15) is 11.8 Å². The second-order valence-corrected chi connectivity index (χ2v) is 10.4. The minimum Gasteiger partial charge on any atom is -0.373 e. The predicted molar refractivity (Wildman–Crippen MR) is 114 cm³/mol. The lowest BCUT2D eigenvalue weighted by Gasteiger charge is -2.45. The zero-order chi connectivity index (χ0) is 19.7. The average Bonchev–Trinajstić information content (AvgIpc) is 2.53. The van der Waals surface area contributed by atoms with Crippen LogP contribution < -0.4 is 0 Å². The largest absolute Gasteiger partial charge is 0.373 e. The van der Waals surface area contributed by atoms with Crippen molar-refractivity contribution in [1.29, 1.82) is 0 Å². The summed E-state index contributed by atoms with van der Waals surface area (Å²) in [7, 11) is 0. The second kappa shape index (κ2) is 12.6. The van der Waals surface area contributed by atoms with E-state index in [0.717, 1.165) is 11.7 Å². The topological polar surface area (TPSA) is 27.7 Å². The molecule has 3 nitrogen and oxygen atoms in total. The smallest absolute Gasteiger partial charge is 0.161 e. The van der Waals surface area contributed by atoms with Gasteiger partial charge in [-0.25, -0.2) is 0 Å². The molecule has 26 heavy (non-hydrogen) atoms. The van der Waals surface area contributed by atoms with Crippen molar-refractivity contribution < 1.29 is 14.2 Å². The molecule has 1 saturated heterocycles. The summed E-state index contributed by atoms with van der Waals surface area (Å²) in [6.07, 6.45) is 6.86. The molecule has 0 amide bonds. The maximum absolute atomic E-state index is 6.40. The Balaban J connectivity index is 2.50. The number of thioether (sulfide) groups is 1. The van der Waals surface area contributed by atoms with Gasteiger partial charge in [0, 0.05) is 5.92 Å². The lowest BCUT2D eigenvalue weighted by atomic mass is 9.83. The van der Waals surface area contributed by atoms with Crippen LogP contribution in [0.5, 0.6) is 0 Å². The fourth-order valence-corrected chi connectivity index (χ4v) is 4.40. The zero-order valence-electron chi connectivity index (χ0n) is 18.5. The summed E-state index contributed by atoms with van der Waals surface area (Å²) in [6, 6.07) is 0. The third kappa shape index (κ3) is 8.95. The average molecular weight is 389 g/mol. The molecule has 2 unspecified atom stereocenters. The summed E-state index contributed by atoms with van der Waals surface area (Å²) >= 11 is 2.07. The molecule has 1 fully saturated rings. The van der Waals surface area contributed by atoms with Crippen LogP contribution in [0.3, 0.4) is 0 Å². The van der Waals surface area contributed by atoms with Crippen LogP contribution in [0.1, 0.15) is 87.5 Å². The Bertz CT molecular complexity index is 359. The van der Waals surface area contributed by atoms with E-state index in [2.05, 4.69) is 67.2 Å². The quantitative estimate of drug-likeness (QED) is 0.367. The number of hydrogen-bond acceptors (Lipinski definition) is 4. The Morgan fingerprint density at radius 2 is 1.42 bits per heavy atom. The van der Waals surface area contributed by atoms with Crippen LogP contribution in [0.4, 0.5) is 0 Å². The molecule has 0 N–H and O–H groups in total. The summed E-state index contributed by atoms with van der Waals surface area (Å²) < 4.78 is 18.7. The van der Waals surface area contributed by atoms with Crippen LogP contribution in [0.15, 0.2) is 0 Å². The first-order valence-corrected chi connectivity index (χ1v) is 11.8. The zero-order valence-corrected chi connectivity index (χ0v) is 19.3. The Kier molecular flexibility index (Phi) is 11.8. The third-order valence-electron chi connectivity index (χ3n) is 5.12. The minimum absolute atomic E-state index is 0.107. The van der Waals surface area contributed by atoms with Crippen molar-refractivity contribution in [1.82, 2.24) is 0 Å². The van der Waals surface area contributed by atoms with E-state index in [9.17, 15) is 0 Å². The molecule has 4 heteroatoms. The standard InChI is InChI=1S/C22H44O3S/c1-15(2)23-21-18(7)19(8)22(24-16(3)4)25-20(21)13-11-9-10-12-14-26-17(5)6/h15-22H,9-14H2,1-8H3/t18-,19?,20?,21+,22+/m1/s1. The SMILES string of the molecule is CC(C)O[C@H]1OC(CCCCCCSC(C)C)[C@@H](OC(C)C)[C@H](C)C1C. The van der Waals surface area contributed by atoms with E-state index in [4.69, 9.17) is 14.2 Å². The van der Waals surface area contributed by atoms with E-state index < -0.39 is 0 Å². The second-order valence-electron chi connectivity index (χ2n) is 8.72. The van der Waals surface area contributed by atoms with Gasteiger partial charge in [-0.3, -0.25) is 0 Å². The molecule has 0 aromatic carbocycles. The Labute approximate surface area is 167 Å². The number of hydrogen-bond donors (Lipinski definition) is 0. The molecule has 0 aliphatic carbocycles. The molecule has 1 heterocycles. The highest BCUT2D eigenvalue weighted by Gasteiger charge is 2.42. The summed E-state index contributed by atoms with van der Waals surface area (Å²) in [5.74, 6) is 2.09. The van der Waals surface area contributed by atoms with Crippen LogP contribution >= 0.6 is 11.8 Å². The van der Waals surface area contributed by atoms with Gasteiger partial charge in [-0.15, -0.1) is 0 Å². The Morgan fingerprint density at radius 3 is 2.00 bits per heavy atom. The van der Waals surface area contributed by atoms with Gasteiger partial charge in [0.05, 0.1) is 24.4 Å². The molecule has 0 bridgehead atoms. The van der Waals surface area contributed by atoms with Crippen molar-refractivity contribution in [3.8, 4) is 0 Å². The van der Waals surface area contributed by atoms with Gasteiger partial charge in [0.1, 0.15) is 0 Å². The molecule has 5 atom stereocenters. The van der Waals surface area contributed by atoms with E-state index in [1.165, 1.54) is 31.4 Å². The third-order valence-corrected chi connectivity index (χ3v) is 6.31. The molecular weight excluding hydrogens is 344 g/mol. The van der Waals surface area contributed by atoms with Crippen molar-refractivity contribution >= 4 is 11.8 Å². The molecule has 0 aromatic heterocycles. The summed E-state index contributed by atoms with van der Waals surface area (Å²) in [4.78, 5) is 0. The van der Waals surface area contributed by atoms with E-state index in [1.54, 1.807) is 0 Å². The lowest BCUT2D eigenvalue weighted by Crippen LogP contribution is -2.52. The van der Waals surface area contributed by atoms with E-state index in [0.29, 0.717) is 11.8 Å². The van der Waals surface area contributed by atoms with Gasteiger partial charge in [0.15, 0.2) is 6.29 Å². The first-order valence-electron chi connectivity index (χ1n) is 10.8. The van der Waals surface area contributed by atoms with Crippen molar-refractivity contribution in [2.24, 2.45) is 11.8 Å². The van der Waals surface area contributed by atoms with Gasteiger partial charge >= 0.3 is 0 Å². The molecule has 0 saturated carbocycles. The monoisotopic (exact) mass is 388 g/mol. The van der Waals surface area contributed by atoms with Gasteiger partial charge in [0.2, 0.25) is 0 Å². The van der Waals surface area contributed by atoms with Crippen LogP contribution in [-0.2, 0) is 14.2 Å². The van der Waals surface area contributed by atoms with Crippen molar-refractivity contribution in [2.45, 2.75) is 123 Å². The van der Waals surface area contributed by atoms with Crippen LogP contribution in [-0.4, -0.2) is 41.7 Å². The molecule has 0 radical (unpaired) electrons. The van der Waals surface area contributed by atoms with Crippen LogP contribution in [0.25, 0.3) is 0 Å². The molecule has 156 valence electrons. The molecule has 1 rings (SSSR count). The van der Waals surface area contributed by atoms with Crippen molar-refractivity contribution in [3.05, 3.63) is 0 Å². The minimum atomic E-state index is -0.107. The maximum atomic E-state index is 6.40. The van der Waals surface area contributed by atoms with Crippen molar-refractivity contribution in [3.63, 3.8) is 0 Å². The van der Waals surface area contributed by atoms with E-state index in [1.807, 2.05) is 0 Å². The Morgan fingerprint density at radius 1 is 0.808 bits per heavy atom. The van der Waals surface area contributed by atoms with Crippen LogP contribution in [0, 0.1) is 11.8 Å². The lowest BCUT2D eigenvalue weighted by molar-refractivity contribution is -0.284. The summed E-state index contributed by atoms with van der Waals surface area (Å²) in [5, 5.41) is 0.751. The molecule has 0 aromatic rings. The molecule has 0 spiro atoms. The van der Waals surface area contributed by atoms with E-state index in [-0.39, 0.29) is 30.7 Å². The molecule has 1 aliphatic rings. The van der Waals surface area contributed by atoms with Gasteiger partial charge in [-0.05, 0) is 57.5 Å².